The lowest BCUT2D eigenvalue weighted by atomic mass is 9.93. The fraction of sp³-hybridized carbons (Fsp3) is 0.333. The summed E-state index contributed by atoms with van der Waals surface area (Å²) in [5, 5.41) is 4.87. The Balaban J connectivity index is 1.81. The zero-order valence-electron chi connectivity index (χ0n) is 22.4. The Morgan fingerprint density at radius 3 is 1.66 bits per heavy atom. The van der Waals surface area contributed by atoms with Gasteiger partial charge >= 0.3 is 0 Å². The number of hydrogen-bond acceptors (Lipinski definition) is 0. The molecule has 0 saturated heterocycles. The van der Waals surface area contributed by atoms with Crippen molar-refractivity contribution in [2.24, 2.45) is 5.92 Å². The maximum Gasteiger partial charge on any atom is 0.00925 e. The van der Waals surface area contributed by atoms with Gasteiger partial charge in [-0.1, -0.05) is 160 Å². The zero-order valence-corrected chi connectivity index (χ0v) is 24.2. The summed E-state index contributed by atoms with van der Waals surface area (Å²) < 4.78 is 0. The molecule has 0 bridgehead atoms. The molecule has 0 spiro atoms. The summed E-state index contributed by atoms with van der Waals surface area (Å²) in [6.45, 7) is 17.2. The minimum absolute atomic E-state index is 0.231. The topological polar surface area (TPSA) is 0 Å². The molecular weight excluding hydrogens is 458 g/mol. The molecule has 1 aliphatic carbocycles. The number of allylic oxidation sites excluding steroid dienone is 4. The third-order valence-corrected chi connectivity index (χ3v) is 13.3. The van der Waals surface area contributed by atoms with Crippen molar-refractivity contribution in [3.05, 3.63) is 109 Å². The van der Waals surface area contributed by atoms with Crippen LogP contribution in [0.2, 0.25) is 0 Å². The molecule has 0 fully saturated rings. The molecule has 2 atom stereocenters. The van der Waals surface area contributed by atoms with Gasteiger partial charge in [0.1, 0.15) is 0 Å². The molecule has 182 valence electrons. The van der Waals surface area contributed by atoms with Gasteiger partial charge in [-0.15, -0.1) is 0 Å². The normalized spacial score (nSPS) is 17.2. The van der Waals surface area contributed by atoms with E-state index >= 15 is 0 Å². The van der Waals surface area contributed by atoms with Gasteiger partial charge in [-0.05, 0) is 50.9 Å². The van der Waals surface area contributed by atoms with E-state index in [0.29, 0.717) is 21.9 Å². The van der Waals surface area contributed by atoms with Crippen molar-refractivity contribution in [1.82, 2.24) is 0 Å². The van der Waals surface area contributed by atoms with Crippen LogP contribution >= 0.6 is 15.8 Å². The van der Waals surface area contributed by atoms with Crippen molar-refractivity contribution in [3.8, 4) is 0 Å². The Morgan fingerprint density at radius 2 is 1.14 bits per heavy atom. The van der Waals surface area contributed by atoms with Gasteiger partial charge in [0.05, 0.1) is 0 Å². The molecule has 0 saturated carbocycles. The minimum atomic E-state index is -0.645. The Hall–Kier alpha value is -2.00. The van der Waals surface area contributed by atoms with Crippen molar-refractivity contribution >= 4 is 37.3 Å². The Kier molecular flexibility index (Phi) is 7.86. The predicted octanol–water partition coefficient (Wildman–Crippen LogP) is 8.48. The van der Waals surface area contributed by atoms with Crippen LogP contribution in [0.15, 0.2) is 103 Å². The molecule has 0 N–H and O–H groups in total. The van der Waals surface area contributed by atoms with E-state index in [0.717, 1.165) is 0 Å². The van der Waals surface area contributed by atoms with E-state index in [2.05, 4.69) is 152 Å². The van der Waals surface area contributed by atoms with Crippen LogP contribution in [0.3, 0.4) is 0 Å². The standard InChI is InChI=1S/C33H40P2/c1-25(35(32(2,3)4)33(5,6)7)28-22-16-23-29(28)30-21-14-15-24-31(30)34(26-17-10-8-11-18-26)27-19-12-9-13-20-27/h8-25,28H,1-7H3. The zero-order chi connectivity index (χ0) is 25.2. The average Bonchev–Trinajstić information content (AvgIpc) is 3.29. The van der Waals surface area contributed by atoms with Crippen molar-refractivity contribution in [2.45, 2.75) is 64.4 Å². The SMILES string of the molecule is CC(C1C=CC=C1c1ccccc1P(c1ccccc1)c1ccccc1)P(C(C)(C)C)C(C)(C)C. The molecule has 2 unspecified atom stereocenters. The molecule has 2 heteroatoms. The molecule has 0 aliphatic heterocycles. The lowest BCUT2D eigenvalue weighted by Crippen LogP contribution is -2.34. The fourth-order valence-electron chi connectivity index (χ4n) is 6.07. The Morgan fingerprint density at radius 1 is 0.657 bits per heavy atom. The second kappa shape index (κ2) is 10.5. The molecule has 3 aromatic rings. The first-order valence-corrected chi connectivity index (χ1v) is 15.5. The molecule has 3 aromatic carbocycles. The van der Waals surface area contributed by atoms with E-state index in [4.69, 9.17) is 0 Å². The third-order valence-electron chi connectivity index (χ3n) is 6.81. The number of benzene rings is 3. The molecule has 0 heterocycles. The van der Waals surface area contributed by atoms with E-state index in [-0.39, 0.29) is 7.92 Å². The third kappa shape index (κ3) is 5.71. The second-order valence-corrected chi connectivity index (χ2v) is 17.9. The lowest BCUT2D eigenvalue weighted by molar-refractivity contribution is 0.665. The van der Waals surface area contributed by atoms with E-state index in [1.165, 1.54) is 27.1 Å². The highest BCUT2D eigenvalue weighted by Gasteiger charge is 2.42. The molecule has 0 radical (unpaired) electrons. The summed E-state index contributed by atoms with van der Waals surface area (Å²) in [6.07, 6.45) is 7.17. The van der Waals surface area contributed by atoms with Crippen LogP contribution in [0.4, 0.5) is 0 Å². The van der Waals surface area contributed by atoms with Gasteiger partial charge in [-0.2, -0.15) is 0 Å². The molecule has 0 amide bonds. The lowest BCUT2D eigenvalue weighted by Gasteiger charge is -2.47. The van der Waals surface area contributed by atoms with Crippen LogP contribution in [-0.4, -0.2) is 16.0 Å². The molecule has 0 nitrogen and oxygen atoms in total. The predicted molar refractivity (Wildman–Crippen MR) is 162 cm³/mol. The maximum absolute atomic E-state index is 2.51. The summed E-state index contributed by atoms with van der Waals surface area (Å²) in [5.74, 6) is 0.448. The number of hydrogen-bond donors (Lipinski definition) is 0. The molecule has 1 aliphatic rings. The van der Waals surface area contributed by atoms with Gasteiger partial charge in [0.2, 0.25) is 0 Å². The van der Waals surface area contributed by atoms with Crippen molar-refractivity contribution < 1.29 is 0 Å². The summed E-state index contributed by atoms with van der Waals surface area (Å²) in [5.41, 5.74) is 3.52. The van der Waals surface area contributed by atoms with E-state index in [1.54, 1.807) is 0 Å². The van der Waals surface area contributed by atoms with Gasteiger partial charge in [0, 0.05) is 5.92 Å². The van der Waals surface area contributed by atoms with Gasteiger partial charge in [0.15, 0.2) is 0 Å². The summed E-state index contributed by atoms with van der Waals surface area (Å²) >= 11 is 0. The summed E-state index contributed by atoms with van der Waals surface area (Å²) in [6, 6.07) is 31.3. The monoisotopic (exact) mass is 498 g/mol. The van der Waals surface area contributed by atoms with Crippen LogP contribution < -0.4 is 15.9 Å². The first-order chi connectivity index (χ1) is 16.6. The van der Waals surface area contributed by atoms with Crippen LogP contribution in [0, 0.1) is 5.92 Å². The largest absolute Gasteiger partial charge is 0.0918 e. The summed E-state index contributed by atoms with van der Waals surface area (Å²) in [7, 11) is -0.876. The molecule has 0 aromatic heterocycles. The van der Waals surface area contributed by atoms with Crippen LogP contribution in [-0.2, 0) is 0 Å². The van der Waals surface area contributed by atoms with Crippen molar-refractivity contribution in [1.29, 1.82) is 0 Å². The van der Waals surface area contributed by atoms with Crippen LogP contribution in [0.5, 0.6) is 0 Å². The van der Waals surface area contributed by atoms with Crippen LogP contribution in [0.1, 0.15) is 54.0 Å². The molecule has 35 heavy (non-hydrogen) atoms. The fourth-order valence-corrected chi connectivity index (χ4v) is 13.6. The van der Waals surface area contributed by atoms with Gasteiger partial charge in [-0.3, -0.25) is 0 Å². The highest BCUT2D eigenvalue weighted by molar-refractivity contribution is 7.80. The first kappa shape index (κ1) is 26.1. The first-order valence-electron chi connectivity index (χ1n) is 12.8. The summed E-state index contributed by atoms with van der Waals surface area (Å²) in [4.78, 5) is 0. The van der Waals surface area contributed by atoms with Crippen molar-refractivity contribution in [2.75, 3.05) is 0 Å². The van der Waals surface area contributed by atoms with E-state index < -0.39 is 7.92 Å². The van der Waals surface area contributed by atoms with Gasteiger partial charge in [-0.25, -0.2) is 0 Å². The smallest absolute Gasteiger partial charge is 0.00925 e. The average molecular weight is 499 g/mol. The minimum Gasteiger partial charge on any atom is -0.0918 e. The van der Waals surface area contributed by atoms with Crippen molar-refractivity contribution in [3.63, 3.8) is 0 Å². The second-order valence-electron chi connectivity index (χ2n) is 11.5. The van der Waals surface area contributed by atoms with E-state index in [1.807, 2.05) is 0 Å². The Labute approximate surface area is 216 Å². The quantitative estimate of drug-likeness (QED) is 0.299. The van der Waals surface area contributed by atoms with Gasteiger partial charge in [0.25, 0.3) is 0 Å². The highest BCUT2D eigenvalue weighted by atomic mass is 31.1. The van der Waals surface area contributed by atoms with E-state index in [9.17, 15) is 0 Å². The Bertz CT molecular complexity index is 1120. The molecular formula is C33H40P2. The highest BCUT2D eigenvalue weighted by Crippen LogP contribution is 2.65. The maximum atomic E-state index is 2.51. The van der Waals surface area contributed by atoms with Gasteiger partial charge < -0.3 is 0 Å². The van der Waals surface area contributed by atoms with Crippen LogP contribution in [0.25, 0.3) is 5.57 Å². The number of rotatable bonds is 6. The molecule has 4 rings (SSSR count).